The van der Waals surface area contributed by atoms with Gasteiger partial charge in [-0.1, -0.05) is 97.1 Å². The van der Waals surface area contributed by atoms with Crippen molar-refractivity contribution in [1.29, 1.82) is 0 Å². The normalized spacial score (nSPS) is 16.3. The summed E-state index contributed by atoms with van der Waals surface area (Å²) in [7, 11) is 1.69. The van der Waals surface area contributed by atoms with Gasteiger partial charge in [0.25, 0.3) is 0 Å². The van der Waals surface area contributed by atoms with Gasteiger partial charge >= 0.3 is 5.97 Å². The topological polar surface area (TPSA) is 114 Å². The number of benzene rings is 4. The van der Waals surface area contributed by atoms with Crippen molar-refractivity contribution >= 4 is 23.0 Å². The van der Waals surface area contributed by atoms with Crippen molar-refractivity contribution in [2.75, 3.05) is 13.7 Å². The first kappa shape index (κ1) is 36.9. The molecule has 4 aromatic carbocycles. The van der Waals surface area contributed by atoms with E-state index in [-0.39, 0.29) is 24.5 Å². The lowest BCUT2D eigenvalue weighted by Crippen LogP contribution is -2.46. The molecular formula is C41H52N2O5. The number of methoxy groups -OCH3 is 1. The maximum atomic E-state index is 12.9. The first-order valence-corrected chi connectivity index (χ1v) is 16.8. The molecule has 0 spiro atoms. The summed E-state index contributed by atoms with van der Waals surface area (Å²) >= 11 is 0. The molecule has 7 nitrogen and oxygen atoms in total. The van der Waals surface area contributed by atoms with Crippen LogP contribution in [-0.2, 0) is 43.1 Å². The first-order valence-electron chi connectivity index (χ1n) is 16.8. The van der Waals surface area contributed by atoms with Crippen molar-refractivity contribution in [3.8, 4) is 0 Å². The third-order valence-corrected chi connectivity index (χ3v) is 9.41. The third-order valence-electron chi connectivity index (χ3n) is 9.41. The second-order valence-electron chi connectivity index (χ2n) is 13.9. The Morgan fingerprint density at radius 3 is 2.02 bits per heavy atom. The Labute approximate surface area is 286 Å². The molecule has 0 fully saturated rings. The van der Waals surface area contributed by atoms with Crippen LogP contribution < -0.4 is 11.5 Å². The minimum absolute atomic E-state index is 0.00682. The van der Waals surface area contributed by atoms with E-state index in [1.165, 1.54) is 16.3 Å². The number of esters is 1. The Kier molecular flexibility index (Phi) is 12.7. The number of fused-ring (bicyclic) bond motifs is 1. The Hall–Kier alpha value is -3.88. The van der Waals surface area contributed by atoms with E-state index in [9.17, 15) is 9.59 Å². The summed E-state index contributed by atoms with van der Waals surface area (Å²) in [6, 6.07) is 32.7. The zero-order chi connectivity index (χ0) is 34.9. The van der Waals surface area contributed by atoms with Crippen LogP contribution in [0.15, 0.2) is 97.1 Å². The summed E-state index contributed by atoms with van der Waals surface area (Å²) in [5, 5.41) is 2.38. The molecule has 0 bridgehead atoms. The van der Waals surface area contributed by atoms with E-state index in [1.54, 1.807) is 21.0 Å². The van der Waals surface area contributed by atoms with Crippen LogP contribution in [0.1, 0.15) is 62.8 Å². The Balaban J connectivity index is 1.64. The lowest BCUT2D eigenvalue weighted by molar-refractivity contribution is -0.160. The molecule has 6 atom stereocenters. The molecule has 0 aliphatic carbocycles. The highest BCUT2D eigenvalue weighted by atomic mass is 16.5. The molecule has 0 saturated carbocycles. The summed E-state index contributed by atoms with van der Waals surface area (Å²) < 4.78 is 18.4. The maximum Gasteiger partial charge on any atom is 0.322 e. The summed E-state index contributed by atoms with van der Waals surface area (Å²) in [6.07, 6.45) is 1.93. The molecule has 0 aromatic heterocycles. The second-order valence-corrected chi connectivity index (χ2v) is 13.9. The quantitative estimate of drug-likeness (QED) is 0.0980. The van der Waals surface area contributed by atoms with E-state index in [4.69, 9.17) is 25.7 Å². The van der Waals surface area contributed by atoms with Crippen molar-refractivity contribution in [1.82, 2.24) is 0 Å². The number of ether oxygens (including phenoxy) is 3. The molecular weight excluding hydrogens is 600 g/mol. The van der Waals surface area contributed by atoms with E-state index >= 15 is 0 Å². The van der Waals surface area contributed by atoms with E-state index in [0.717, 1.165) is 29.4 Å². The number of carbonyl (C=O) groups is 2. The predicted octanol–water partition coefficient (Wildman–Crippen LogP) is 6.57. The van der Waals surface area contributed by atoms with Gasteiger partial charge in [0.2, 0.25) is 0 Å². The number of nitrogens with two attached hydrogens (primary N) is 2. The predicted molar refractivity (Wildman–Crippen MR) is 193 cm³/mol. The third kappa shape index (κ3) is 10.1. The summed E-state index contributed by atoms with van der Waals surface area (Å²) in [5.74, 6) is -0.595. The van der Waals surface area contributed by atoms with Crippen LogP contribution in [0, 0.1) is 5.92 Å². The van der Waals surface area contributed by atoms with E-state index in [1.807, 2.05) is 51.1 Å². The zero-order valence-electron chi connectivity index (χ0n) is 29.2. The van der Waals surface area contributed by atoms with Gasteiger partial charge in [0.15, 0.2) is 0 Å². The fourth-order valence-electron chi connectivity index (χ4n) is 6.14. The number of hydrogen-bond donors (Lipinski definition) is 2. The van der Waals surface area contributed by atoms with Gasteiger partial charge in [0.05, 0.1) is 23.9 Å². The fraction of sp³-hybridized carbons (Fsp3) is 0.415. The van der Waals surface area contributed by atoms with Crippen LogP contribution in [0.3, 0.4) is 0 Å². The van der Waals surface area contributed by atoms with Crippen molar-refractivity contribution < 1.29 is 23.8 Å². The monoisotopic (exact) mass is 652 g/mol. The molecule has 0 aliphatic heterocycles. The molecule has 4 N–H and O–H groups in total. The lowest BCUT2D eigenvalue weighted by Gasteiger charge is -2.38. The smallest absolute Gasteiger partial charge is 0.322 e. The lowest BCUT2D eigenvalue weighted by atomic mass is 9.78. The molecule has 4 rings (SSSR count). The Bertz CT molecular complexity index is 1620. The van der Waals surface area contributed by atoms with Crippen LogP contribution >= 0.6 is 0 Å². The Morgan fingerprint density at radius 2 is 1.40 bits per heavy atom. The fourth-order valence-corrected chi connectivity index (χ4v) is 6.14. The van der Waals surface area contributed by atoms with Crippen LogP contribution in [0.4, 0.5) is 0 Å². The molecule has 0 unspecified atom stereocenters. The molecule has 4 aromatic rings. The van der Waals surface area contributed by atoms with E-state index < -0.39 is 29.3 Å². The largest absolute Gasteiger partial charge is 0.460 e. The first-order chi connectivity index (χ1) is 22.8. The summed E-state index contributed by atoms with van der Waals surface area (Å²) in [6.45, 7) is 9.53. The highest BCUT2D eigenvalue weighted by molar-refractivity contribution is 5.83. The summed E-state index contributed by atoms with van der Waals surface area (Å²) in [5.41, 5.74) is 14.9. The molecule has 48 heavy (non-hydrogen) atoms. The molecule has 0 amide bonds. The number of hydrogen-bond acceptors (Lipinski definition) is 7. The minimum Gasteiger partial charge on any atom is -0.460 e. The van der Waals surface area contributed by atoms with Gasteiger partial charge < -0.3 is 30.5 Å². The van der Waals surface area contributed by atoms with Crippen LogP contribution in [0.25, 0.3) is 10.8 Å². The van der Waals surface area contributed by atoms with Gasteiger partial charge in [-0.3, -0.25) is 4.79 Å². The highest BCUT2D eigenvalue weighted by Gasteiger charge is 2.39. The van der Waals surface area contributed by atoms with Gasteiger partial charge in [-0.05, 0) is 80.5 Å². The van der Waals surface area contributed by atoms with Crippen molar-refractivity contribution in [3.63, 3.8) is 0 Å². The maximum absolute atomic E-state index is 12.9. The zero-order valence-corrected chi connectivity index (χ0v) is 29.2. The molecule has 0 heterocycles. The molecule has 0 aliphatic rings. The molecule has 0 radical (unpaired) electrons. The number of rotatable bonds is 17. The van der Waals surface area contributed by atoms with E-state index in [0.29, 0.717) is 12.8 Å². The number of carbonyl (C=O) groups excluding carboxylic acids is 2. The van der Waals surface area contributed by atoms with Crippen molar-refractivity contribution in [2.45, 2.75) is 89.2 Å². The highest BCUT2D eigenvalue weighted by Crippen LogP contribution is 2.33. The molecule has 7 heteroatoms. The van der Waals surface area contributed by atoms with Gasteiger partial charge in [-0.25, -0.2) is 0 Å². The van der Waals surface area contributed by atoms with Crippen LogP contribution in [-0.4, -0.2) is 55.4 Å². The molecule has 256 valence electrons. The average molecular weight is 653 g/mol. The molecule has 0 saturated heterocycles. The van der Waals surface area contributed by atoms with Crippen molar-refractivity contribution in [3.05, 3.63) is 119 Å². The Morgan fingerprint density at radius 1 is 0.792 bits per heavy atom. The van der Waals surface area contributed by atoms with Crippen LogP contribution in [0.2, 0.25) is 0 Å². The average Bonchev–Trinajstić information content (AvgIpc) is 3.09. The van der Waals surface area contributed by atoms with Gasteiger partial charge in [0.1, 0.15) is 18.4 Å². The van der Waals surface area contributed by atoms with Crippen LogP contribution in [0.5, 0.6) is 0 Å². The summed E-state index contributed by atoms with van der Waals surface area (Å²) in [4.78, 5) is 24.4. The van der Waals surface area contributed by atoms with Gasteiger partial charge in [0, 0.05) is 25.4 Å². The van der Waals surface area contributed by atoms with Gasteiger partial charge in [-0.15, -0.1) is 0 Å². The SMILES string of the molecule is COC(C)(C)[C@@H](Cc1ccccc1)[C@H](Cc1ccc([C@@H](Cc2ccc3ccccc3c2)[C@H](C)OC[C@@](C)(N)C=O)cc1)OC(=O)[C@H](C)N. The second kappa shape index (κ2) is 16.5. The number of aldehydes is 1. The standard InChI is InChI=1S/C41H52N2O5/c1-28(42)39(45)48-38(37(40(3,4)46-6)24-30-12-8-7-9-13-30)25-31-16-20-34(21-17-31)36(29(2)47-27-41(5,43)26-44)23-32-18-19-33-14-10-11-15-35(33)22-32/h7-22,26,28-29,36-38H,23-25,27,42-43H2,1-6H3/t28-,29-,36-,37-,38-,41-/m0/s1. The van der Waals surface area contributed by atoms with Crippen molar-refractivity contribution in [2.24, 2.45) is 17.4 Å². The minimum atomic E-state index is -1.06. The van der Waals surface area contributed by atoms with Gasteiger partial charge in [-0.2, -0.15) is 0 Å². The van der Waals surface area contributed by atoms with E-state index in [2.05, 4.69) is 66.7 Å².